The lowest BCUT2D eigenvalue weighted by Gasteiger charge is -2.35. The molecule has 0 aliphatic carbocycles. The molecule has 7 nitrogen and oxygen atoms in total. The van der Waals surface area contributed by atoms with Crippen LogP contribution in [0.4, 0.5) is 13.2 Å². The van der Waals surface area contributed by atoms with Gasteiger partial charge in [0.15, 0.2) is 5.65 Å². The molecule has 25 heavy (non-hydrogen) atoms. The third-order valence-corrected chi connectivity index (χ3v) is 4.08. The van der Waals surface area contributed by atoms with E-state index in [4.69, 9.17) is 4.74 Å². The molecule has 0 radical (unpaired) electrons. The minimum Gasteiger partial charge on any atom is -0.379 e. The Morgan fingerprint density at radius 2 is 2.16 bits per heavy atom. The van der Waals surface area contributed by atoms with Gasteiger partial charge in [0.1, 0.15) is 11.9 Å². The molecule has 0 aromatic carbocycles. The summed E-state index contributed by atoms with van der Waals surface area (Å²) < 4.78 is 45.2. The number of aromatic nitrogens is 3. The van der Waals surface area contributed by atoms with E-state index in [9.17, 15) is 18.0 Å². The van der Waals surface area contributed by atoms with Crippen molar-refractivity contribution < 1.29 is 22.7 Å². The molecule has 0 spiro atoms. The number of hydrogen-bond acceptors (Lipinski definition) is 5. The van der Waals surface area contributed by atoms with Crippen molar-refractivity contribution in [3.63, 3.8) is 0 Å². The van der Waals surface area contributed by atoms with Gasteiger partial charge < -0.3 is 15.0 Å². The van der Waals surface area contributed by atoms with E-state index in [1.165, 1.54) is 17.2 Å². The third kappa shape index (κ3) is 3.90. The van der Waals surface area contributed by atoms with Crippen molar-refractivity contribution in [3.05, 3.63) is 23.7 Å². The summed E-state index contributed by atoms with van der Waals surface area (Å²) >= 11 is 0. The first-order chi connectivity index (χ1) is 11.9. The first kappa shape index (κ1) is 17.6. The number of H-pyrrole nitrogens is 1. The van der Waals surface area contributed by atoms with Gasteiger partial charge in [-0.15, -0.1) is 0 Å². The number of rotatable bonds is 4. The van der Waals surface area contributed by atoms with Crippen LogP contribution in [0.5, 0.6) is 0 Å². The average Bonchev–Trinajstić information content (AvgIpc) is 2.94. The Morgan fingerprint density at radius 3 is 2.84 bits per heavy atom. The Bertz CT molecular complexity index is 755. The van der Waals surface area contributed by atoms with Crippen LogP contribution in [0.25, 0.3) is 11.2 Å². The highest BCUT2D eigenvalue weighted by atomic mass is 19.4. The predicted octanol–water partition coefficient (Wildman–Crippen LogP) is 1.26. The fourth-order valence-electron chi connectivity index (χ4n) is 2.84. The van der Waals surface area contributed by atoms with Crippen molar-refractivity contribution in [2.24, 2.45) is 0 Å². The largest absolute Gasteiger partial charge is 0.405 e. The molecule has 1 unspecified atom stereocenters. The zero-order valence-corrected chi connectivity index (χ0v) is 13.6. The average molecular weight is 357 g/mol. The maximum atomic E-state index is 13.4. The van der Waals surface area contributed by atoms with Gasteiger partial charge in [-0.25, -0.2) is 9.97 Å². The summed E-state index contributed by atoms with van der Waals surface area (Å²) in [5.41, 5.74) is 0.978. The highest BCUT2D eigenvalue weighted by Gasteiger charge is 2.44. The van der Waals surface area contributed by atoms with Gasteiger partial charge in [0.2, 0.25) is 0 Å². The molecule has 2 N–H and O–H groups in total. The first-order valence-electron chi connectivity index (χ1n) is 7.84. The molecular weight excluding hydrogens is 339 g/mol. The SMILES string of the molecule is Cc1nc2nccc(C(=O)NCC(N3CCOCC3)C(F)(F)F)c2[nH]1. The highest BCUT2D eigenvalue weighted by Crippen LogP contribution is 2.25. The molecule has 0 saturated carbocycles. The van der Waals surface area contributed by atoms with Crippen molar-refractivity contribution >= 4 is 17.1 Å². The van der Waals surface area contributed by atoms with E-state index in [0.29, 0.717) is 17.0 Å². The van der Waals surface area contributed by atoms with Crippen LogP contribution in [0.15, 0.2) is 12.3 Å². The van der Waals surface area contributed by atoms with Crippen molar-refractivity contribution in [2.75, 3.05) is 32.8 Å². The molecule has 1 aliphatic heterocycles. The van der Waals surface area contributed by atoms with E-state index < -0.39 is 24.7 Å². The van der Waals surface area contributed by atoms with Crippen LogP contribution >= 0.6 is 0 Å². The van der Waals surface area contributed by atoms with Crippen LogP contribution in [-0.2, 0) is 4.74 Å². The topological polar surface area (TPSA) is 83.1 Å². The molecule has 1 aliphatic rings. The highest BCUT2D eigenvalue weighted by molar-refractivity contribution is 6.03. The fraction of sp³-hybridized carbons (Fsp3) is 0.533. The van der Waals surface area contributed by atoms with Gasteiger partial charge in [-0.3, -0.25) is 9.69 Å². The summed E-state index contributed by atoms with van der Waals surface area (Å²) in [7, 11) is 0. The molecule has 2 aromatic rings. The molecule has 3 rings (SSSR count). The monoisotopic (exact) mass is 357 g/mol. The molecule has 10 heteroatoms. The molecule has 0 bridgehead atoms. The Labute approximate surface area is 141 Å². The van der Waals surface area contributed by atoms with Crippen molar-refractivity contribution in [2.45, 2.75) is 19.1 Å². The number of hydrogen-bond donors (Lipinski definition) is 2. The molecule has 1 saturated heterocycles. The number of nitrogens with one attached hydrogen (secondary N) is 2. The summed E-state index contributed by atoms with van der Waals surface area (Å²) in [4.78, 5) is 24.7. The number of aromatic amines is 1. The third-order valence-electron chi connectivity index (χ3n) is 4.08. The van der Waals surface area contributed by atoms with Gasteiger partial charge in [-0.1, -0.05) is 0 Å². The molecular formula is C15H18F3N5O2. The van der Waals surface area contributed by atoms with Crippen LogP contribution in [0.3, 0.4) is 0 Å². The van der Waals surface area contributed by atoms with Gasteiger partial charge in [-0.2, -0.15) is 13.2 Å². The standard InChI is InChI=1S/C15H18F3N5O2/c1-9-21-12-10(2-3-19-13(12)22-9)14(24)20-8-11(15(16,17)18)23-4-6-25-7-5-23/h2-3,11H,4-8H2,1H3,(H,20,24)(H,19,21,22). The Hall–Kier alpha value is -2.20. The van der Waals surface area contributed by atoms with E-state index in [-0.39, 0.29) is 31.9 Å². The van der Waals surface area contributed by atoms with E-state index in [1.54, 1.807) is 6.92 Å². The number of imidazole rings is 1. The second-order valence-electron chi connectivity index (χ2n) is 5.80. The number of carbonyl (C=O) groups is 1. The number of ether oxygens (including phenoxy) is 1. The lowest BCUT2D eigenvalue weighted by Crippen LogP contribution is -2.55. The molecule has 1 atom stereocenters. The predicted molar refractivity (Wildman–Crippen MR) is 83.2 cm³/mol. The van der Waals surface area contributed by atoms with Crippen molar-refractivity contribution in [1.29, 1.82) is 0 Å². The van der Waals surface area contributed by atoms with Crippen molar-refractivity contribution in [3.8, 4) is 0 Å². The van der Waals surface area contributed by atoms with E-state index in [0.717, 1.165) is 0 Å². The number of halogens is 3. The van der Waals surface area contributed by atoms with Gasteiger partial charge in [0.05, 0.1) is 24.3 Å². The minimum atomic E-state index is -4.44. The van der Waals surface area contributed by atoms with Crippen LogP contribution in [-0.4, -0.2) is 70.8 Å². The van der Waals surface area contributed by atoms with Crippen molar-refractivity contribution in [1.82, 2.24) is 25.2 Å². The number of pyridine rings is 1. The summed E-state index contributed by atoms with van der Waals surface area (Å²) in [6.45, 7) is 2.04. The van der Waals surface area contributed by atoms with Crippen LogP contribution in [0, 0.1) is 6.92 Å². The van der Waals surface area contributed by atoms with Gasteiger partial charge in [0.25, 0.3) is 5.91 Å². The molecule has 3 heterocycles. The summed E-state index contributed by atoms with van der Waals surface area (Å²) in [6.07, 6.45) is -3.04. The summed E-state index contributed by atoms with van der Waals surface area (Å²) in [5, 5.41) is 2.39. The lowest BCUT2D eigenvalue weighted by atomic mass is 10.2. The second kappa shape index (κ2) is 6.96. The number of morpholine rings is 1. The smallest absolute Gasteiger partial charge is 0.379 e. The quantitative estimate of drug-likeness (QED) is 0.861. The maximum Gasteiger partial charge on any atom is 0.405 e. The maximum absolute atomic E-state index is 13.4. The molecule has 2 aromatic heterocycles. The fourth-order valence-corrected chi connectivity index (χ4v) is 2.84. The number of fused-ring (bicyclic) bond motifs is 1. The second-order valence-corrected chi connectivity index (χ2v) is 5.80. The first-order valence-corrected chi connectivity index (χ1v) is 7.84. The zero-order valence-electron chi connectivity index (χ0n) is 13.6. The van der Waals surface area contributed by atoms with Crippen LogP contribution in [0.1, 0.15) is 16.2 Å². The Morgan fingerprint density at radius 1 is 1.44 bits per heavy atom. The van der Waals surface area contributed by atoms with Crippen LogP contribution in [0.2, 0.25) is 0 Å². The van der Waals surface area contributed by atoms with Crippen LogP contribution < -0.4 is 5.32 Å². The number of alkyl halides is 3. The van der Waals surface area contributed by atoms with Gasteiger partial charge >= 0.3 is 6.18 Å². The molecule has 1 fully saturated rings. The lowest BCUT2D eigenvalue weighted by molar-refractivity contribution is -0.189. The minimum absolute atomic E-state index is 0.180. The van der Waals surface area contributed by atoms with E-state index in [2.05, 4.69) is 20.3 Å². The Kier molecular flexibility index (Phi) is 4.91. The molecule has 1 amide bonds. The zero-order chi connectivity index (χ0) is 18.0. The van der Waals surface area contributed by atoms with E-state index in [1.807, 2.05) is 0 Å². The molecule has 136 valence electrons. The van der Waals surface area contributed by atoms with Gasteiger partial charge in [-0.05, 0) is 13.0 Å². The summed E-state index contributed by atoms with van der Waals surface area (Å²) in [5.74, 6) is -0.0252. The van der Waals surface area contributed by atoms with E-state index >= 15 is 0 Å². The number of aryl methyl sites for hydroxylation is 1. The number of amides is 1. The van der Waals surface area contributed by atoms with Gasteiger partial charge in [0, 0.05) is 25.8 Å². The number of nitrogens with zero attached hydrogens (tertiary/aromatic N) is 3. The summed E-state index contributed by atoms with van der Waals surface area (Å²) in [6, 6.07) is -0.298. The normalized spacial score (nSPS) is 17.6. The number of carbonyl (C=O) groups excluding carboxylic acids is 1. The Balaban J connectivity index is 1.74.